The lowest BCUT2D eigenvalue weighted by Crippen LogP contribution is -2.39. The first-order chi connectivity index (χ1) is 8.50. The molecule has 6 nitrogen and oxygen atoms in total. The van der Waals surface area contributed by atoms with Crippen molar-refractivity contribution in [3.05, 3.63) is 0 Å². The lowest BCUT2D eigenvalue weighted by molar-refractivity contribution is -0.180. The van der Waals surface area contributed by atoms with Gasteiger partial charge in [0.25, 0.3) is 5.91 Å². The molecule has 1 amide bonds. The second kappa shape index (κ2) is 6.15. The minimum atomic E-state index is -1.35. The molecule has 0 aromatic heterocycles. The van der Waals surface area contributed by atoms with Crippen LogP contribution in [-0.2, 0) is 19.2 Å². The molecule has 2 atom stereocenters. The zero-order valence-electron chi connectivity index (χ0n) is 11.1. The highest BCUT2D eigenvalue weighted by Gasteiger charge is 2.67. The molecule has 0 unspecified atom stereocenters. The van der Waals surface area contributed by atoms with Crippen LogP contribution >= 0.6 is 0 Å². The molecule has 1 saturated carbocycles. The fourth-order valence-corrected chi connectivity index (χ4v) is 1.98. The van der Waals surface area contributed by atoms with Crippen molar-refractivity contribution in [2.75, 3.05) is 27.4 Å². The van der Waals surface area contributed by atoms with Crippen molar-refractivity contribution in [2.45, 2.75) is 26.2 Å². The largest absolute Gasteiger partial charge is 0.480 e. The fourth-order valence-electron chi connectivity index (χ4n) is 1.98. The minimum Gasteiger partial charge on any atom is -0.480 e. The molecule has 1 aliphatic rings. The smallest absolute Gasteiger partial charge is 0.319 e. The number of carboxylic acid groups (broad SMARTS) is 1. The van der Waals surface area contributed by atoms with Gasteiger partial charge in [0.2, 0.25) is 0 Å². The number of nitrogens with zero attached hydrogens (tertiary/aromatic N) is 1. The summed E-state index contributed by atoms with van der Waals surface area (Å²) in [6.45, 7) is 2.98. The standard InChI is InChI=1S/C12H21NO5/c1-4-5-6-18-8-9-7-12(9,11(15)16)10(14)13(2)17-3/h9H,4-8H2,1-3H3,(H,15,16)/t9-,12-/m1/s1. The molecule has 1 rings (SSSR count). The van der Waals surface area contributed by atoms with Gasteiger partial charge >= 0.3 is 5.97 Å². The number of aliphatic carboxylic acids is 1. The predicted octanol–water partition coefficient (Wildman–Crippen LogP) is 0.914. The molecule has 1 N–H and O–H groups in total. The number of amides is 1. The summed E-state index contributed by atoms with van der Waals surface area (Å²) in [5.74, 6) is -1.86. The topological polar surface area (TPSA) is 76.1 Å². The van der Waals surface area contributed by atoms with Gasteiger partial charge in [-0.15, -0.1) is 0 Å². The molecule has 0 saturated heterocycles. The van der Waals surface area contributed by atoms with Crippen LogP contribution in [-0.4, -0.2) is 49.4 Å². The summed E-state index contributed by atoms with van der Waals surface area (Å²) in [5.41, 5.74) is -1.35. The number of carbonyl (C=O) groups is 2. The van der Waals surface area contributed by atoms with Gasteiger partial charge in [0.05, 0.1) is 13.7 Å². The van der Waals surface area contributed by atoms with Crippen molar-refractivity contribution in [1.29, 1.82) is 0 Å². The molecule has 0 aromatic rings. The van der Waals surface area contributed by atoms with Crippen LogP contribution in [0, 0.1) is 11.3 Å². The van der Waals surface area contributed by atoms with Crippen LogP contribution in [0.3, 0.4) is 0 Å². The second-order valence-electron chi connectivity index (χ2n) is 4.59. The molecule has 0 aliphatic heterocycles. The van der Waals surface area contributed by atoms with Crippen molar-refractivity contribution in [1.82, 2.24) is 5.06 Å². The van der Waals surface area contributed by atoms with Crippen LogP contribution < -0.4 is 0 Å². The molecule has 0 aromatic carbocycles. The first kappa shape index (κ1) is 14.9. The van der Waals surface area contributed by atoms with Crippen LogP contribution in [0.25, 0.3) is 0 Å². The highest BCUT2D eigenvalue weighted by atomic mass is 16.7. The Labute approximate surface area is 107 Å². The average Bonchev–Trinajstić information content (AvgIpc) is 3.08. The van der Waals surface area contributed by atoms with E-state index in [9.17, 15) is 14.7 Å². The average molecular weight is 259 g/mol. The predicted molar refractivity (Wildman–Crippen MR) is 63.7 cm³/mol. The normalized spacial score (nSPS) is 25.8. The Hall–Kier alpha value is -1.14. The van der Waals surface area contributed by atoms with E-state index in [0.717, 1.165) is 17.9 Å². The Bertz CT molecular complexity index is 320. The van der Waals surface area contributed by atoms with Crippen LogP contribution in [0.4, 0.5) is 0 Å². The third-order valence-electron chi connectivity index (χ3n) is 3.39. The van der Waals surface area contributed by atoms with Crippen molar-refractivity contribution < 1.29 is 24.3 Å². The van der Waals surface area contributed by atoms with Crippen molar-refractivity contribution >= 4 is 11.9 Å². The molecule has 1 fully saturated rings. The zero-order chi connectivity index (χ0) is 13.8. The van der Waals surface area contributed by atoms with Crippen LogP contribution in [0.1, 0.15) is 26.2 Å². The number of hydroxylamine groups is 2. The molecular weight excluding hydrogens is 238 g/mol. The van der Waals surface area contributed by atoms with E-state index in [4.69, 9.17) is 9.57 Å². The SMILES string of the molecule is CCCCOC[C@H]1C[C@]1(C(=O)O)C(=O)N(C)OC. The van der Waals surface area contributed by atoms with Gasteiger partial charge in [0.15, 0.2) is 5.41 Å². The van der Waals surface area contributed by atoms with E-state index in [2.05, 4.69) is 6.92 Å². The quantitative estimate of drug-likeness (QED) is 0.398. The maximum absolute atomic E-state index is 12.0. The Balaban J connectivity index is 2.54. The molecule has 0 spiro atoms. The number of unbranched alkanes of at least 4 members (excludes halogenated alkanes) is 1. The van der Waals surface area contributed by atoms with Gasteiger partial charge in [-0.25, -0.2) is 5.06 Å². The molecule has 104 valence electrons. The summed E-state index contributed by atoms with van der Waals surface area (Å²) in [7, 11) is 2.75. The Morgan fingerprint density at radius 2 is 2.17 bits per heavy atom. The third-order valence-corrected chi connectivity index (χ3v) is 3.39. The number of rotatable bonds is 8. The van der Waals surface area contributed by atoms with Crippen LogP contribution in [0.5, 0.6) is 0 Å². The van der Waals surface area contributed by atoms with E-state index in [1.165, 1.54) is 14.2 Å². The summed E-state index contributed by atoms with van der Waals surface area (Å²) in [6, 6.07) is 0. The van der Waals surface area contributed by atoms with Crippen LogP contribution in [0.2, 0.25) is 0 Å². The van der Waals surface area contributed by atoms with Crippen molar-refractivity contribution in [2.24, 2.45) is 11.3 Å². The lowest BCUT2D eigenvalue weighted by atomic mass is 10.0. The van der Waals surface area contributed by atoms with E-state index in [0.29, 0.717) is 19.6 Å². The minimum absolute atomic E-state index is 0.253. The first-order valence-corrected chi connectivity index (χ1v) is 6.14. The summed E-state index contributed by atoms with van der Waals surface area (Å²) < 4.78 is 5.39. The number of carbonyl (C=O) groups excluding carboxylic acids is 1. The molecule has 0 heterocycles. The summed E-state index contributed by atoms with van der Waals surface area (Å²) in [6.07, 6.45) is 2.29. The fraction of sp³-hybridized carbons (Fsp3) is 0.833. The van der Waals surface area contributed by atoms with Gasteiger partial charge in [-0.05, 0) is 12.8 Å². The maximum atomic E-state index is 12.0. The van der Waals surface area contributed by atoms with E-state index in [-0.39, 0.29) is 5.92 Å². The van der Waals surface area contributed by atoms with Gasteiger partial charge in [0.1, 0.15) is 0 Å². The highest BCUT2D eigenvalue weighted by molar-refractivity contribution is 6.05. The molecule has 18 heavy (non-hydrogen) atoms. The van der Waals surface area contributed by atoms with Gasteiger partial charge in [-0.2, -0.15) is 0 Å². The number of hydrogen-bond acceptors (Lipinski definition) is 4. The summed E-state index contributed by atoms with van der Waals surface area (Å²) in [5, 5.41) is 10.2. The van der Waals surface area contributed by atoms with E-state index >= 15 is 0 Å². The summed E-state index contributed by atoms with van der Waals surface area (Å²) in [4.78, 5) is 28.0. The van der Waals surface area contributed by atoms with Crippen molar-refractivity contribution in [3.8, 4) is 0 Å². The molecule has 1 aliphatic carbocycles. The van der Waals surface area contributed by atoms with Gasteiger partial charge in [0, 0.05) is 19.6 Å². The lowest BCUT2D eigenvalue weighted by Gasteiger charge is -2.19. The maximum Gasteiger partial charge on any atom is 0.319 e. The summed E-state index contributed by atoms with van der Waals surface area (Å²) >= 11 is 0. The van der Waals surface area contributed by atoms with Crippen LogP contribution in [0.15, 0.2) is 0 Å². The Morgan fingerprint density at radius 3 is 2.67 bits per heavy atom. The Morgan fingerprint density at radius 1 is 1.50 bits per heavy atom. The van der Waals surface area contributed by atoms with E-state index in [1.54, 1.807) is 0 Å². The monoisotopic (exact) mass is 259 g/mol. The number of ether oxygens (including phenoxy) is 1. The second-order valence-corrected chi connectivity index (χ2v) is 4.59. The first-order valence-electron chi connectivity index (χ1n) is 6.14. The third kappa shape index (κ3) is 2.81. The van der Waals surface area contributed by atoms with E-state index in [1.807, 2.05) is 0 Å². The molecule has 6 heteroatoms. The van der Waals surface area contributed by atoms with Gasteiger partial charge < -0.3 is 9.84 Å². The Kier molecular flexibility index (Phi) is 5.10. The van der Waals surface area contributed by atoms with Crippen molar-refractivity contribution in [3.63, 3.8) is 0 Å². The highest BCUT2D eigenvalue weighted by Crippen LogP contribution is 2.54. The molecular formula is C12H21NO5. The molecule has 0 radical (unpaired) electrons. The molecule has 0 bridgehead atoms. The number of carboxylic acids is 1. The number of hydrogen-bond donors (Lipinski definition) is 1. The van der Waals surface area contributed by atoms with Gasteiger partial charge in [-0.1, -0.05) is 13.3 Å². The van der Waals surface area contributed by atoms with Gasteiger partial charge in [-0.3, -0.25) is 14.4 Å². The zero-order valence-corrected chi connectivity index (χ0v) is 11.1. The van der Waals surface area contributed by atoms with E-state index < -0.39 is 17.3 Å².